The van der Waals surface area contributed by atoms with E-state index in [-0.39, 0.29) is 13.2 Å². The third-order valence-corrected chi connectivity index (χ3v) is 3.61. The van der Waals surface area contributed by atoms with Gasteiger partial charge in [-0.1, -0.05) is 24.3 Å². The molecule has 8 nitrogen and oxygen atoms in total. The minimum Gasteiger partial charge on any atom is -0.410 e. The molecule has 126 valence electrons. The van der Waals surface area contributed by atoms with Crippen molar-refractivity contribution >= 4 is 18.0 Å². The molecule has 0 heterocycles. The molecule has 0 saturated carbocycles. The number of nitrogens with one attached hydrogen (secondary N) is 1. The zero-order chi connectivity index (χ0) is 17.4. The molecule has 0 aliphatic carbocycles. The fourth-order valence-corrected chi connectivity index (χ4v) is 2.19. The summed E-state index contributed by atoms with van der Waals surface area (Å²) in [5, 5.41) is 18.2. The van der Waals surface area contributed by atoms with Crippen molar-refractivity contribution in [3.63, 3.8) is 0 Å². The lowest BCUT2D eigenvalue weighted by Crippen LogP contribution is -2.20. The first-order valence-electron chi connectivity index (χ1n) is 6.77. The van der Waals surface area contributed by atoms with Crippen molar-refractivity contribution in [2.24, 2.45) is 0 Å². The Hall–Kier alpha value is -2.78. The summed E-state index contributed by atoms with van der Waals surface area (Å²) in [6.07, 6.45) is -0.652. The van der Waals surface area contributed by atoms with E-state index in [1.54, 1.807) is 36.4 Å². The van der Waals surface area contributed by atoms with Crippen LogP contribution in [0, 0.1) is 10.1 Å². The fraction of sp³-hybridized carbons (Fsp3) is 0.133. The van der Waals surface area contributed by atoms with Crippen LogP contribution < -0.4 is 9.46 Å². The van der Waals surface area contributed by atoms with Crippen LogP contribution in [0.1, 0.15) is 11.1 Å². The van der Waals surface area contributed by atoms with Crippen LogP contribution in [-0.2, 0) is 18.1 Å². The topological polar surface area (TPSA) is 111 Å². The minimum atomic E-state index is -0.873. The predicted octanol–water partition coefficient (Wildman–Crippen LogP) is 2.68. The SMILES string of the molecule is O=C(NSc1ccc(CO)cc1)Oc1ccc(CO[N+](=O)[O-])cc1. The molecule has 0 spiro atoms. The first kappa shape index (κ1) is 17.6. The third kappa shape index (κ3) is 5.78. The number of nitrogens with zero attached hydrogens (tertiary/aromatic N) is 1. The second-order valence-corrected chi connectivity index (χ2v) is 5.42. The summed E-state index contributed by atoms with van der Waals surface area (Å²) in [6.45, 7) is -0.206. The Balaban J connectivity index is 1.79. The van der Waals surface area contributed by atoms with E-state index in [1.165, 1.54) is 12.1 Å². The van der Waals surface area contributed by atoms with Crippen LogP contribution in [0.25, 0.3) is 0 Å². The Labute approximate surface area is 141 Å². The van der Waals surface area contributed by atoms with Crippen LogP contribution in [0.15, 0.2) is 53.4 Å². The van der Waals surface area contributed by atoms with Gasteiger partial charge in [0.05, 0.1) is 6.61 Å². The maximum Gasteiger partial charge on any atom is 0.422 e. The molecule has 0 aliphatic rings. The minimum absolute atomic E-state index is 0.0386. The number of hydrogen-bond acceptors (Lipinski definition) is 7. The van der Waals surface area contributed by atoms with Gasteiger partial charge in [0, 0.05) is 4.90 Å². The van der Waals surface area contributed by atoms with Crippen LogP contribution in [0.2, 0.25) is 0 Å². The molecule has 2 aromatic rings. The van der Waals surface area contributed by atoms with Crippen LogP contribution in [0.5, 0.6) is 5.75 Å². The van der Waals surface area contributed by atoms with E-state index in [2.05, 4.69) is 9.56 Å². The number of carbonyl (C=O) groups is 1. The Morgan fingerprint density at radius 2 is 1.75 bits per heavy atom. The van der Waals surface area contributed by atoms with E-state index in [1.807, 2.05) is 0 Å². The summed E-state index contributed by atoms with van der Waals surface area (Å²) in [7, 11) is 0. The molecule has 0 unspecified atom stereocenters. The maximum absolute atomic E-state index is 11.7. The highest BCUT2D eigenvalue weighted by molar-refractivity contribution is 7.98. The molecule has 9 heteroatoms. The number of aliphatic hydroxyl groups excluding tert-OH is 1. The summed E-state index contributed by atoms with van der Waals surface area (Å²) in [5.74, 6) is 0.300. The molecule has 0 saturated heterocycles. The second kappa shape index (κ2) is 8.75. The number of amides is 1. The Morgan fingerprint density at radius 3 is 2.33 bits per heavy atom. The highest BCUT2D eigenvalue weighted by Gasteiger charge is 2.06. The van der Waals surface area contributed by atoms with Crippen molar-refractivity contribution in [2.45, 2.75) is 18.1 Å². The van der Waals surface area contributed by atoms with E-state index in [0.717, 1.165) is 22.4 Å². The first-order chi connectivity index (χ1) is 11.6. The van der Waals surface area contributed by atoms with Crippen molar-refractivity contribution in [3.05, 3.63) is 69.8 Å². The number of benzene rings is 2. The van der Waals surface area contributed by atoms with Crippen LogP contribution >= 0.6 is 11.9 Å². The molecule has 0 aliphatic heterocycles. The lowest BCUT2D eigenvalue weighted by Gasteiger charge is -2.07. The lowest BCUT2D eigenvalue weighted by atomic mass is 10.2. The van der Waals surface area contributed by atoms with Gasteiger partial charge < -0.3 is 14.7 Å². The van der Waals surface area contributed by atoms with Gasteiger partial charge in [-0.15, -0.1) is 10.1 Å². The second-order valence-electron chi connectivity index (χ2n) is 4.54. The fourth-order valence-electron chi connectivity index (χ4n) is 1.67. The van der Waals surface area contributed by atoms with Gasteiger partial charge in [-0.05, 0) is 47.3 Å². The quantitative estimate of drug-likeness (QED) is 0.448. The van der Waals surface area contributed by atoms with Crippen LogP contribution in [0.4, 0.5) is 4.79 Å². The average molecular weight is 350 g/mol. The van der Waals surface area contributed by atoms with Gasteiger partial charge in [-0.3, -0.25) is 4.72 Å². The van der Waals surface area contributed by atoms with E-state index in [0.29, 0.717) is 11.3 Å². The van der Waals surface area contributed by atoms with Gasteiger partial charge in [-0.25, -0.2) is 4.79 Å². The molecule has 2 N–H and O–H groups in total. The summed E-state index contributed by atoms with van der Waals surface area (Å²) in [5.41, 5.74) is 1.36. The molecular weight excluding hydrogens is 336 g/mol. The normalized spacial score (nSPS) is 10.0. The van der Waals surface area contributed by atoms with Crippen LogP contribution in [0.3, 0.4) is 0 Å². The van der Waals surface area contributed by atoms with Crippen molar-refractivity contribution in [1.82, 2.24) is 4.72 Å². The summed E-state index contributed by atoms with van der Waals surface area (Å²) in [4.78, 5) is 26.8. The summed E-state index contributed by atoms with van der Waals surface area (Å²) < 4.78 is 7.59. The molecule has 0 radical (unpaired) electrons. The Bertz CT molecular complexity index is 690. The van der Waals surface area contributed by atoms with Gasteiger partial charge in [-0.2, -0.15) is 0 Å². The maximum atomic E-state index is 11.7. The van der Waals surface area contributed by atoms with Gasteiger partial charge in [0.25, 0.3) is 5.09 Å². The third-order valence-electron chi connectivity index (χ3n) is 2.83. The molecule has 24 heavy (non-hydrogen) atoms. The van der Waals surface area contributed by atoms with E-state index in [9.17, 15) is 14.9 Å². The summed E-state index contributed by atoms with van der Waals surface area (Å²) in [6, 6.07) is 13.2. The molecule has 0 bridgehead atoms. The smallest absolute Gasteiger partial charge is 0.410 e. The Kier molecular flexibility index (Phi) is 6.41. The van der Waals surface area contributed by atoms with Crippen molar-refractivity contribution < 1.29 is 24.6 Å². The molecular formula is C15H14N2O6S. The molecule has 0 fully saturated rings. The molecule has 0 atom stereocenters. The Morgan fingerprint density at radius 1 is 1.12 bits per heavy atom. The highest BCUT2D eigenvalue weighted by Crippen LogP contribution is 2.17. The van der Waals surface area contributed by atoms with Gasteiger partial charge in [0.2, 0.25) is 0 Å². The van der Waals surface area contributed by atoms with Gasteiger partial charge in [0.1, 0.15) is 12.4 Å². The first-order valence-corrected chi connectivity index (χ1v) is 7.59. The zero-order valence-corrected chi connectivity index (χ0v) is 13.2. The van der Waals surface area contributed by atoms with E-state index < -0.39 is 11.2 Å². The number of aliphatic hydroxyl groups is 1. The highest BCUT2D eigenvalue weighted by atomic mass is 32.2. The predicted molar refractivity (Wildman–Crippen MR) is 85.6 cm³/mol. The van der Waals surface area contributed by atoms with E-state index in [4.69, 9.17) is 9.84 Å². The lowest BCUT2D eigenvalue weighted by molar-refractivity contribution is -0.763. The molecule has 2 rings (SSSR count). The van der Waals surface area contributed by atoms with Crippen molar-refractivity contribution in [1.29, 1.82) is 0 Å². The monoisotopic (exact) mass is 350 g/mol. The largest absolute Gasteiger partial charge is 0.422 e. The zero-order valence-electron chi connectivity index (χ0n) is 12.4. The van der Waals surface area contributed by atoms with E-state index >= 15 is 0 Å². The molecule has 0 aromatic heterocycles. The number of rotatable bonds is 7. The molecule has 1 amide bonds. The van der Waals surface area contributed by atoms with Gasteiger partial charge >= 0.3 is 6.09 Å². The van der Waals surface area contributed by atoms with Gasteiger partial charge in [0.15, 0.2) is 0 Å². The average Bonchev–Trinajstić information content (AvgIpc) is 2.60. The van der Waals surface area contributed by atoms with Crippen LogP contribution in [-0.4, -0.2) is 16.3 Å². The standard InChI is InChI=1S/C15H14N2O6S/c18-9-11-3-7-14(8-4-11)24-16-15(19)23-13-5-1-12(2-6-13)10-22-17(20)21/h1-8,18H,9-10H2,(H,16,19). The van der Waals surface area contributed by atoms with Crippen molar-refractivity contribution in [3.8, 4) is 5.75 Å². The van der Waals surface area contributed by atoms with Crippen molar-refractivity contribution in [2.75, 3.05) is 0 Å². The number of carbonyl (C=O) groups excluding carboxylic acids is 1. The summed E-state index contributed by atoms with van der Waals surface area (Å²) >= 11 is 1.08. The number of hydrogen-bond donors (Lipinski definition) is 2. The molecule has 2 aromatic carbocycles. The number of ether oxygens (including phenoxy) is 1.